The van der Waals surface area contributed by atoms with Crippen LogP contribution in [0.4, 0.5) is 0 Å². The molecule has 5 nitrogen and oxygen atoms in total. The van der Waals surface area contributed by atoms with Crippen molar-refractivity contribution in [2.24, 2.45) is 0 Å². The summed E-state index contributed by atoms with van der Waals surface area (Å²) in [7, 11) is 3.10. The molecule has 1 heterocycles. The average molecular weight is 286 g/mol. The van der Waals surface area contributed by atoms with E-state index in [-0.39, 0.29) is 0 Å². The summed E-state index contributed by atoms with van der Waals surface area (Å²) in [6.45, 7) is 0.369. The van der Waals surface area contributed by atoms with Crippen LogP contribution in [0.25, 0.3) is 0 Å². The van der Waals surface area contributed by atoms with Crippen LogP contribution in [-0.4, -0.2) is 25.5 Å². The Kier molecular flexibility index (Phi) is 5.15. The maximum atomic E-state index is 10.3. The molecule has 0 saturated carbocycles. The molecule has 1 radical (unpaired) electrons. The van der Waals surface area contributed by atoms with Gasteiger partial charge < -0.3 is 14.2 Å². The SMILES string of the molecule is COc1cc(COc2ccc(C[C]=O)cc2)cc(OC)n1. The zero-order valence-electron chi connectivity index (χ0n) is 12.0. The lowest BCUT2D eigenvalue weighted by Gasteiger charge is -2.09. The number of ether oxygens (including phenoxy) is 3. The Hall–Kier alpha value is -2.56. The molecule has 5 heteroatoms. The summed E-state index contributed by atoms with van der Waals surface area (Å²) in [5.41, 5.74) is 1.80. The molecule has 0 aliphatic rings. The minimum absolute atomic E-state index is 0.291. The van der Waals surface area contributed by atoms with E-state index in [0.717, 1.165) is 16.9 Å². The lowest BCUT2D eigenvalue weighted by Crippen LogP contribution is -1.99. The van der Waals surface area contributed by atoms with Gasteiger partial charge in [-0.25, -0.2) is 0 Å². The van der Waals surface area contributed by atoms with Crippen molar-refractivity contribution in [1.29, 1.82) is 0 Å². The van der Waals surface area contributed by atoms with Crippen molar-refractivity contribution in [3.05, 3.63) is 47.5 Å². The van der Waals surface area contributed by atoms with Crippen molar-refractivity contribution in [3.63, 3.8) is 0 Å². The third kappa shape index (κ3) is 4.21. The smallest absolute Gasteiger partial charge is 0.216 e. The maximum absolute atomic E-state index is 10.3. The van der Waals surface area contributed by atoms with E-state index in [9.17, 15) is 4.79 Å². The first-order chi connectivity index (χ1) is 10.2. The molecule has 0 N–H and O–H groups in total. The fourth-order valence-electron chi connectivity index (χ4n) is 1.78. The van der Waals surface area contributed by atoms with Gasteiger partial charge >= 0.3 is 0 Å². The highest BCUT2D eigenvalue weighted by Crippen LogP contribution is 2.20. The number of carbonyl (C=O) groups excluding carboxylic acids is 1. The second kappa shape index (κ2) is 7.28. The van der Waals surface area contributed by atoms with Crippen molar-refractivity contribution >= 4 is 6.29 Å². The third-order valence-corrected chi connectivity index (χ3v) is 2.86. The summed E-state index contributed by atoms with van der Waals surface area (Å²) in [6, 6.07) is 10.9. The molecule has 0 atom stereocenters. The molecule has 21 heavy (non-hydrogen) atoms. The molecule has 1 aromatic carbocycles. The summed E-state index contributed by atoms with van der Waals surface area (Å²) < 4.78 is 15.9. The van der Waals surface area contributed by atoms with Crippen molar-refractivity contribution in [2.45, 2.75) is 13.0 Å². The van der Waals surface area contributed by atoms with Crippen LogP contribution in [0.2, 0.25) is 0 Å². The van der Waals surface area contributed by atoms with Gasteiger partial charge in [-0.2, -0.15) is 4.98 Å². The number of aromatic nitrogens is 1. The highest BCUT2D eigenvalue weighted by Gasteiger charge is 2.04. The van der Waals surface area contributed by atoms with Crippen molar-refractivity contribution < 1.29 is 19.0 Å². The molecule has 0 fully saturated rings. The molecule has 0 saturated heterocycles. The van der Waals surface area contributed by atoms with Gasteiger partial charge in [0.15, 0.2) is 0 Å². The summed E-state index contributed by atoms with van der Waals surface area (Å²) in [5, 5.41) is 0. The van der Waals surface area contributed by atoms with Crippen molar-refractivity contribution in [2.75, 3.05) is 14.2 Å². The van der Waals surface area contributed by atoms with Crippen molar-refractivity contribution in [1.82, 2.24) is 4.98 Å². The molecule has 0 aliphatic heterocycles. The lowest BCUT2D eigenvalue weighted by atomic mass is 10.2. The molecule has 0 aliphatic carbocycles. The molecule has 0 amide bonds. The summed E-state index contributed by atoms with van der Waals surface area (Å²) in [4.78, 5) is 14.4. The van der Waals surface area contributed by atoms with Gasteiger partial charge in [-0.05, 0) is 23.3 Å². The lowest BCUT2D eigenvalue weighted by molar-refractivity contribution is 0.302. The predicted octanol–water partition coefficient (Wildman–Crippen LogP) is 2.33. The van der Waals surface area contributed by atoms with E-state index in [4.69, 9.17) is 14.2 Å². The normalized spacial score (nSPS) is 10.0. The standard InChI is InChI=1S/C16H16NO4/c1-19-15-9-13(10-16(17-15)20-2)11-21-14-5-3-12(4-6-14)7-8-18/h3-6,9-10H,7,11H2,1-2H3. The molecular formula is C16H16NO4. The minimum atomic E-state index is 0.291. The van der Waals surface area contributed by atoms with E-state index in [1.807, 2.05) is 30.6 Å². The zero-order valence-corrected chi connectivity index (χ0v) is 12.0. The second-order valence-corrected chi connectivity index (χ2v) is 4.31. The number of nitrogens with zero attached hydrogens (tertiary/aromatic N) is 1. The van der Waals surface area contributed by atoms with Crippen LogP contribution in [-0.2, 0) is 17.8 Å². The maximum Gasteiger partial charge on any atom is 0.216 e. The highest BCUT2D eigenvalue weighted by molar-refractivity contribution is 5.55. The van der Waals surface area contributed by atoms with Crippen LogP contribution in [0.1, 0.15) is 11.1 Å². The van der Waals surface area contributed by atoms with Crippen LogP contribution in [0.15, 0.2) is 36.4 Å². The molecule has 0 unspecified atom stereocenters. The minimum Gasteiger partial charge on any atom is -0.489 e. The van der Waals surface area contributed by atoms with Crippen LogP contribution in [0, 0.1) is 0 Å². The van der Waals surface area contributed by atoms with Gasteiger partial charge in [-0.15, -0.1) is 0 Å². The first kappa shape index (κ1) is 14.8. The summed E-state index contributed by atoms with van der Waals surface area (Å²) in [6.07, 6.45) is 2.15. The second-order valence-electron chi connectivity index (χ2n) is 4.31. The number of rotatable bonds is 7. The van der Waals surface area contributed by atoms with Gasteiger partial charge in [-0.3, -0.25) is 4.79 Å². The number of pyridine rings is 1. The Labute approximate surface area is 123 Å². The number of hydrogen-bond donors (Lipinski definition) is 0. The Bertz CT molecular complexity index is 573. The van der Waals surface area contributed by atoms with E-state index >= 15 is 0 Å². The molecule has 2 aromatic rings. The van der Waals surface area contributed by atoms with E-state index in [1.54, 1.807) is 26.4 Å². The van der Waals surface area contributed by atoms with E-state index in [0.29, 0.717) is 24.8 Å². The number of methoxy groups -OCH3 is 2. The molecule has 0 spiro atoms. The van der Waals surface area contributed by atoms with Gasteiger partial charge in [-0.1, -0.05) is 12.1 Å². The van der Waals surface area contributed by atoms with Gasteiger partial charge in [0.1, 0.15) is 12.4 Å². The number of hydrogen-bond acceptors (Lipinski definition) is 5. The van der Waals surface area contributed by atoms with Crippen LogP contribution < -0.4 is 14.2 Å². The van der Waals surface area contributed by atoms with Crippen LogP contribution >= 0.6 is 0 Å². The van der Waals surface area contributed by atoms with Gasteiger partial charge in [0, 0.05) is 18.6 Å². The first-order valence-electron chi connectivity index (χ1n) is 6.41. The van der Waals surface area contributed by atoms with Gasteiger partial charge in [0.05, 0.1) is 14.2 Å². The largest absolute Gasteiger partial charge is 0.489 e. The Morgan fingerprint density at radius 1 is 1.00 bits per heavy atom. The van der Waals surface area contributed by atoms with Crippen LogP contribution in [0.5, 0.6) is 17.5 Å². The first-order valence-corrected chi connectivity index (χ1v) is 6.41. The van der Waals surface area contributed by atoms with Crippen molar-refractivity contribution in [3.8, 4) is 17.5 Å². The fraction of sp³-hybridized carbons (Fsp3) is 0.250. The highest BCUT2D eigenvalue weighted by atomic mass is 16.5. The predicted molar refractivity (Wildman–Crippen MR) is 77.5 cm³/mol. The monoisotopic (exact) mass is 286 g/mol. The Morgan fingerprint density at radius 3 is 2.14 bits per heavy atom. The summed E-state index contributed by atoms with van der Waals surface area (Å²) >= 11 is 0. The van der Waals surface area contributed by atoms with E-state index < -0.39 is 0 Å². The summed E-state index contributed by atoms with van der Waals surface area (Å²) in [5.74, 6) is 1.68. The fourth-order valence-corrected chi connectivity index (χ4v) is 1.78. The average Bonchev–Trinajstić information content (AvgIpc) is 2.54. The molecule has 109 valence electrons. The Balaban J connectivity index is 2.03. The van der Waals surface area contributed by atoms with E-state index in [2.05, 4.69) is 4.98 Å². The molecule has 0 bridgehead atoms. The topological polar surface area (TPSA) is 57.7 Å². The molecular weight excluding hydrogens is 270 g/mol. The quantitative estimate of drug-likeness (QED) is 0.782. The van der Waals surface area contributed by atoms with Gasteiger partial charge in [0.25, 0.3) is 0 Å². The zero-order chi connectivity index (χ0) is 15.1. The third-order valence-electron chi connectivity index (χ3n) is 2.86. The Morgan fingerprint density at radius 2 is 1.62 bits per heavy atom. The number of benzene rings is 1. The van der Waals surface area contributed by atoms with Crippen LogP contribution in [0.3, 0.4) is 0 Å². The molecule has 1 aromatic heterocycles. The molecule has 2 rings (SSSR count). The van der Waals surface area contributed by atoms with Gasteiger partial charge in [0.2, 0.25) is 18.0 Å². The van der Waals surface area contributed by atoms with E-state index in [1.165, 1.54) is 0 Å².